The third kappa shape index (κ3) is 3.20. The van der Waals surface area contributed by atoms with Crippen molar-refractivity contribution in [1.82, 2.24) is 9.97 Å². The molecule has 2 aromatic heterocycles. The number of nitrogens with zero attached hydrogens (tertiary/aromatic N) is 1. The van der Waals surface area contributed by atoms with Gasteiger partial charge in [0.1, 0.15) is 11.2 Å². The fourth-order valence-corrected chi connectivity index (χ4v) is 3.31. The first-order chi connectivity index (χ1) is 11.6. The maximum absolute atomic E-state index is 12.3. The van der Waals surface area contributed by atoms with Gasteiger partial charge < -0.3 is 20.8 Å². The smallest absolute Gasteiger partial charge is 0.341 e. The molecule has 24 heavy (non-hydrogen) atoms. The number of amides is 1. The van der Waals surface area contributed by atoms with Crippen molar-refractivity contribution < 1.29 is 14.3 Å². The first-order valence-electron chi connectivity index (χ1n) is 8.29. The molecule has 0 aliphatic heterocycles. The number of rotatable bonds is 5. The molecule has 0 radical (unpaired) electrons. The highest BCUT2D eigenvalue weighted by atomic mass is 16.5. The first kappa shape index (κ1) is 16.3. The first-order valence-corrected chi connectivity index (χ1v) is 8.29. The van der Waals surface area contributed by atoms with Gasteiger partial charge in [0, 0.05) is 29.7 Å². The molecule has 1 amide bonds. The van der Waals surface area contributed by atoms with Gasteiger partial charge in [-0.2, -0.15) is 0 Å². The number of nitrogens with two attached hydrogens (primary N) is 1. The van der Waals surface area contributed by atoms with Gasteiger partial charge in [-0.25, -0.2) is 9.78 Å². The second-order valence-electron chi connectivity index (χ2n) is 6.11. The molecule has 1 aliphatic carbocycles. The number of primary amides is 1. The second kappa shape index (κ2) is 6.90. The Hall–Kier alpha value is -2.57. The third-order valence-electron chi connectivity index (χ3n) is 4.51. The third-order valence-corrected chi connectivity index (χ3v) is 4.51. The van der Waals surface area contributed by atoms with Crippen molar-refractivity contribution in [3.8, 4) is 0 Å². The van der Waals surface area contributed by atoms with Gasteiger partial charge in [0.05, 0.1) is 12.3 Å². The lowest BCUT2D eigenvalue weighted by molar-refractivity contribution is -0.122. The normalized spacial score (nSPS) is 20.7. The molecule has 3 rings (SSSR count). The Morgan fingerprint density at radius 2 is 2.29 bits per heavy atom. The SMILES string of the molecule is CCOC(=O)c1cnc2[nH]ccc2c1N[C@H]1CCC[C@H](C(N)=O)C1. The van der Waals surface area contributed by atoms with E-state index in [9.17, 15) is 9.59 Å². The van der Waals surface area contributed by atoms with Crippen LogP contribution in [0.1, 0.15) is 43.0 Å². The van der Waals surface area contributed by atoms with Gasteiger partial charge >= 0.3 is 5.97 Å². The molecule has 1 fully saturated rings. The van der Waals surface area contributed by atoms with E-state index in [1.54, 1.807) is 13.1 Å². The van der Waals surface area contributed by atoms with Crippen LogP contribution in [0.2, 0.25) is 0 Å². The van der Waals surface area contributed by atoms with E-state index < -0.39 is 5.97 Å². The monoisotopic (exact) mass is 330 g/mol. The summed E-state index contributed by atoms with van der Waals surface area (Å²) >= 11 is 0. The highest BCUT2D eigenvalue weighted by Crippen LogP contribution is 2.31. The van der Waals surface area contributed by atoms with E-state index in [4.69, 9.17) is 10.5 Å². The number of nitrogens with one attached hydrogen (secondary N) is 2. The van der Waals surface area contributed by atoms with Crippen molar-refractivity contribution >= 4 is 28.6 Å². The molecular weight excluding hydrogens is 308 g/mol. The molecule has 128 valence electrons. The highest BCUT2D eigenvalue weighted by molar-refractivity contribution is 6.04. The van der Waals surface area contributed by atoms with Crippen molar-refractivity contribution in [1.29, 1.82) is 0 Å². The number of aromatic amines is 1. The molecule has 0 spiro atoms. The Morgan fingerprint density at radius 3 is 3.04 bits per heavy atom. The molecular formula is C17H22N4O3. The van der Waals surface area contributed by atoms with Gasteiger partial charge in [-0.1, -0.05) is 6.42 Å². The maximum atomic E-state index is 12.3. The summed E-state index contributed by atoms with van der Waals surface area (Å²) in [6.45, 7) is 2.07. The Balaban J connectivity index is 1.91. The topological polar surface area (TPSA) is 110 Å². The lowest BCUT2D eigenvalue weighted by atomic mass is 9.85. The molecule has 4 N–H and O–H groups in total. The van der Waals surface area contributed by atoms with E-state index >= 15 is 0 Å². The van der Waals surface area contributed by atoms with E-state index in [0.29, 0.717) is 29.9 Å². The lowest BCUT2D eigenvalue weighted by Gasteiger charge is -2.29. The number of carbonyl (C=O) groups is 2. The van der Waals surface area contributed by atoms with Crippen LogP contribution in [0.15, 0.2) is 18.5 Å². The van der Waals surface area contributed by atoms with Gasteiger partial charge in [-0.15, -0.1) is 0 Å². The molecule has 1 aliphatic rings. The fraction of sp³-hybridized carbons (Fsp3) is 0.471. The number of esters is 1. The minimum Gasteiger partial charge on any atom is -0.462 e. The van der Waals surface area contributed by atoms with Gasteiger partial charge in [0.25, 0.3) is 0 Å². The van der Waals surface area contributed by atoms with Crippen LogP contribution in [0.5, 0.6) is 0 Å². The number of ether oxygens (including phenoxy) is 1. The number of anilines is 1. The van der Waals surface area contributed by atoms with E-state index in [2.05, 4.69) is 15.3 Å². The molecule has 0 bridgehead atoms. The van der Waals surface area contributed by atoms with Gasteiger partial charge in [-0.3, -0.25) is 4.79 Å². The van der Waals surface area contributed by atoms with Crippen molar-refractivity contribution in [2.24, 2.45) is 11.7 Å². The summed E-state index contributed by atoms with van der Waals surface area (Å²) in [4.78, 5) is 31.1. The molecule has 7 heteroatoms. The zero-order chi connectivity index (χ0) is 17.1. The second-order valence-corrected chi connectivity index (χ2v) is 6.11. The summed E-state index contributed by atoms with van der Waals surface area (Å²) in [5.74, 6) is -0.780. The van der Waals surface area contributed by atoms with Crippen molar-refractivity contribution in [3.63, 3.8) is 0 Å². The van der Waals surface area contributed by atoms with Crippen LogP contribution < -0.4 is 11.1 Å². The van der Waals surface area contributed by atoms with E-state index in [1.807, 2.05) is 6.07 Å². The molecule has 2 aromatic rings. The van der Waals surface area contributed by atoms with Crippen molar-refractivity contribution in [2.45, 2.75) is 38.6 Å². The number of carbonyl (C=O) groups excluding carboxylic acids is 2. The Labute approximate surface area is 140 Å². The summed E-state index contributed by atoms with van der Waals surface area (Å²) in [7, 11) is 0. The van der Waals surface area contributed by atoms with Crippen LogP contribution >= 0.6 is 0 Å². The van der Waals surface area contributed by atoms with E-state index in [1.165, 1.54) is 6.20 Å². The molecule has 1 saturated carbocycles. The summed E-state index contributed by atoms with van der Waals surface area (Å²) in [5.41, 5.74) is 7.27. The van der Waals surface area contributed by atoms with Crippen LogP contribution in [0.3, 0.4) is 0 Å². The number of pyridine rings is 1. The van der Waals surface area contributed by atoms with E-state index in [-0.39, 0.29) is 17.9 Å². The van der Waals surface area contributed by atoms with Gasteiger partial charge in [0.2, 0.25) is 5.91 Å². The summed E-state index contributed by atoms with van der Waals surface area (Å²) in [6.07, 6.45) is 6.67. The molecule has 7 nitrogen and oxygen atoms in total. The average Bonchev–Trinajstić information content (AvgIpc) is 3.04. The van der Waals surface area contributed by atoms with E-state index in [0.717, 1.165) is 24.6 Å². The van der Waals surface area contributed by atoms with Crippen molar-refractivity contribution in [3.05, 3.63) is 24.0 Å². The molecule has 0 aromatic carbocycles. The number of aromatic nitrogens is 2. The summed E-state index contributed by atoms with van der Waals surface area (Å²) in [5, 5.41) is 4.27. The highest BCUT2D eigenvalue weighted by Gasteiger charge is 2.27. The number of H-pyrrole nitrogens is 1. The Kier molecular flexibility index (Phi) is 4.69. The number of fused-ring (bicyclic) bond motifs is 1. The minimum absolute atomic E-state index is 0.0879. The predicted octanol–water partition coefficient (Wildman–Crippen LogP) is 2.20. The Bertz CT molecular complexity index is 755. The van der Waals surface area contributed by atoms with Crippen LogP contribution in [0, 0.1) is 5.92 Å². The zero-order valence-electron chi connectivity index (χ0n) is 13.7. The van der Waals surface area contributed by atoms with Gasteiger partial charge in [0.15, 0.2) is 0 Å². The predicted molar refractivity (Wildman–Crippen MR) is 90.6 cm³/mol. The van der Waals surface area contributed by atoms with Crippen molar-refractivity contribution in [2.75, 3.05) is 11.9 Å². The largest absolute Gasteiger partial charge is 0.462 e. The van der Waals surface area contributed by atoms with Crippen LogP contribution in [0.4, 0.5) is 5.69 Å². The standard InChI is InChI=1S/C17H22N4O3/c1-2-24-17(23)13-9-20-16-12(6-7-19-16)14(13)21-11-5-3-4-10(8-11)15(18)22/h6-7,9-11H,2-5,8H2,1H3,(H2,18,22)(H2,19,20,21)/t10-,11-/m0/s1. The zero-order valence-corrected chi connectivity index (χ0v) is 13.7. The Morgan fingerprint density at radius 1 is 1.46 bits per heavy atom. The molecule has 0 unspecified atom stereocenters. The fourth-order valence-electron chi connectivity index (χ4n) is 3.31. The number of hydrogen-bond acceptors (Lipinski definition) is 5. The minimum atomic E-state index is -0.405. The quantitative estimate of drug-likeness (QED) is 0.728. The van der Waals surface area contributed by atoms with Crippen LogP contribution in [0.25, 0.3) is 11.0 Å². The van der Waals surface area contributed by atoms with Gasteiger partial charge in [-0.05, 0) is 32.3 Å². The maximum Gasteiger partial charge on any atom is 0.341 e. The van der Waals surface area contributed by atoms with Crippen LogP contribution in [-0.4, -0.2) is 34.5 Å². The molecule has 2 heterocycles. The number of hydrogen-bond donors (Lipinski definition) is 3. The summed E-state index contributed by atoms with van der Waals surface area (Å²) in [6, 6.07) is 1.96. The molecule has 2 atom stereocenters. The molecule has 0 saturated heterocycles. The average molecular weight is 330 g/mol. The summed E-state index contributed by atoms with van der Waals surface area (Å²) < 4.78 is 5.14. The van der Waals surface area contributed by atoms with Crippen LogP contribution in [-0.2, 0) is 9.53 Å². The lowest BCUT2D eigenvalue weighted by Crippen LogP contribution is -2.34.